The van der Waals surface area contributed by atoms with Crippen molar-refractivity contribution in [3.63, 3.8) is 0 Å². The summed E-state index contributed by atoms with van der Waals surface area (Å²) < 4.78 is 13.6. The van der Waals surface area contributed by atoms with E-state index in [1.165, 1.54) is 6.07 Å². The summed E-state index contributed by atoms with van der Waals surface area (Å²) in [6.07, 6.45) is 0.950. The molecule has 3 rings (SSSR count). The summed E-state index contributed by atoms with van der Waals surface area (Å²) >= 11 is 0. The third kappa shape index (κ3) is 1.72. The van der Waals surface area contributed by atoms with E-state index >= 15 is 0 Å². The zero-order valence-electron chi connectivity index (χ0n) is 9.16. The number of nitrogens with zero attached hydrogens (tertiary/aromatic N) is 1. The van der Waals surface area contributed by atoms with Crippen molar-refractivity contribution in [3.05, 3.63) is 40.2 Å². The van der Waals surface area contributed by atoms with Gasteiger partial charge in [-0.15, -0.1) is 0 Å². The molecule has 0 saturated carbocycles. The van der Waals surface area contributed by atoms with Gasteiger partial charge in [-0.25, -0.2) is 9.18 Å². The van der Waals surface area contributed by atoms with Gasteiger partial charge in [0, 0.05) is 23.5 Å². The van der Waals surface area contributed by atoms with Crippen LogP contribution in [-0.2, 0) is 0 Å². The Morgan fingerprint density at radius 2 is 2.29 bits per heavy atom. The molecule has 88 valence electrons. The van der Waals surface area contributed by atoms with Crippen molar-refractivity contribution in [2.24, 2.45) is 0 Å². The number of H-pyrrole nitrogens is 1. The van der Waals surface area contributed by atoms with Gasteiger partial charge in [-0.2, -0.15) is 4.98 Å². The van der Waals surface area contributed by atoms with Gasteiger partial charge in [0.05, 0.1) is 0 Å². The molecule has 1 aromatic carbocycles. The quantitative estimate of drug-likeness (QED) is 0.776. The maximum atomic E-state index is 13.6. The fourth-order valence-electron chi connectivity index (χ4n) is 2.38. The van der Waals surface area contributed by atoms with E-state index in [0.717, 1.165) is 25.2 Å². The average Bonchev–Trinajstić information content (AvgIpc) is 2.83. The molecule has 1 saturated heterocycles. The molecule has 5 heteroatoms. The van der Waals surface area contributed by atoms with E-state index in [2.05, 4.69) is 15.3 Å². The molecule has 0 radical (unpaired) electrons. The number of nitrogens with one attached hydrogen (secondary N) is 2. The molecule has 0 spiro atoms. The summed E-state index contributed by atoms with van der Waals surface area (Å²) in [5, 5.41) is 3.94. The Kier molecular flexibility index (Phi) is 2.40. The molecule has 1 aliphatic heterocycles. The Labute approximate surface area is 96.9 Å². The molecule has 1 fully saturated rings. The fraction of sp³-hybridized carbons (Fsp3) is 0.333. The monoisotopic (exact) mass is 233 g/mol. The second-order valence-electron chi connectivity index (χ2n) is 4.28. The number of benzene rings is 1. The van der Waals surface area contributed by atoms with Crippen LogP contribution in [0.5, 0.6) is 0 Å². The van der Waals surface area contributed by atoms with Gasteiger partial charge >= 0.3 is 5.69 Å². The predicted octanol–water partition coefficient (Wildman–Crippen LogP) is 1.14. The van der Waals surface area contributed by atoms with E-state index < -0.39 is 11.5 Å². The van der Waals surface area contributed by atoms with Crippen molar-refractivity contribution >= 4 is 10.9 Å². The van der Waals surface area contributed by atoms with Gasteiger partial charge in [0.25, 0.3) is 0 Å². The molecule has 17 heavy (non-hydrogen) atoms. The summed E-state index contributed by atoms with van der Waals surface area (Å²) in [4.78, 5) is 17.9. The Bertz CT molecular complexity index is 617. The van der Waals surface area contributed by atoms with Crippen LogP contribution in [0.4, 0.5) is 4.39 Å². The number of fused-ring (bicyclic) bond motifs is 1. The maximum absolute atomic E-state index is 13.6. The van der Waals surface area contributed by atoms with Crippen molar-refractivity contribution in [1.29, 1.82) is 0 Å². The molecule has 0 amide bonds. The van der Waals surface area contributed by atoms with Crippen LogP contribution >= 0.6 is 0 Å². The first-order chi connectivity index (χ1) is 8.25. The summed E-state index contributed by atoms with van der Waals surface area (Å²) in [5.41, 5.74) is 0.479. The van der Waals surface area contributed by atoms with Gasteiger partial charge in [0.2, 0.25) is 0 Å². The number of aromatic nitrogens is 2. The molecular weight excluding hydrogens is 221 g/mol. The number of para-hydroxylation sites is 1. The molecule has 1 aliphatic rings. The Morgan fingerprint density at radius 1 is 1.41 bits per heavy atom. The van der Waals surface area contributed by atoms with Crippen LogP contribution in [0.2, 0.25) is 0 Å². The zero-order chi connectivity index (χ0) is 11.8. The molecule has 4 nitrogen and oxygen atoms in total. The molecule has 2 aromatic rings. The van der Waals surface area contributed by atoms with Gasteiger partial charge in [-0.05, 0) is 19.0 Å². The normalized spacial score (nSPS) is 19.9. The van der Waals surface area contributed by atoms with E-state index in [9.17, 15) is 9.18 Å². The van der Waals surface area contributed by atoms with E-state index in [1.54, 1.807) is 12.1 Å². The molecule has 0 aliphatic carbocycles. The smallest absolute Gasteiger partial charge is 0.316 e. The minimum absolute atomic E-state index is 0.165. The lowest BCUT2D eigenvalue weighted by Gasteiger charge is -2.11. The zero-order valence-corrected chi connectivity index (χ0v) is 9.16. The van der Waals surface area contributed by atoms with Crippen LogP contribution in [0.15, 0.2) is 23.0 Å². The van der Waals surface area contributed by atoms with Crippen LogP contribution in [0.3, 0.4) is 0 Å². The van der Waals surface area contributed by atoms with Gasteiger partial charge in [0.15, 0.2) is 0 Å². The van der Waals surface area contributed by atoms with Gasteiger partial charge < -0.3 is 10.3 Å². The highest BCUT2D eigenvalue weighted by Gasteiger charge is 2.21. The summed E-state index contributed by atoms with van der Waals surface area (Å²) in [6, 6.07) is 4.77. The topological polar surface area (TPSA) is 57.8 Å². The number of aromatic amines is 1. The lowest BCUT2D eigenvalue weighted by Crippen LogP contribution is -2.17. The van der Waals surface area contributed by atoms with Crippen molar-refractivity contribution in [3.8, 4) is 0 Å². The first-order valence-corrected chi connectivity index (χ1v) is 5.65. The lowest BCUT2D eigenvalue weighted by molar-refractivity contribution is 0.634. The summed E-state index contributed by atoms with van der Waals surface area (Å²) in [6.45, 7) is 1.73. The molecule has 0 bridgehead atoms. The van der Waals surface area contributed by atoms with Crippen molar-refractivity contribution in [1.82, 2.24) is 15.3 Å². The highest BCUT2D eigenvalue weighted by Crippen LogP contribution is 2.26. The molecule has 2 N–H and O–H groups in total. The SMILES string of the molecule is O=c1nc2c(F)cccc2c(C2CCNC2)[nH]1. The summed E-state index contributed by atoms with van der Waals surface area (Å²) in [7, 11) is 0. The summed E-state index contributed by atoms with van der Waals surface area (Å²) in [5.74, 6) is -0.212. The average molecular weight is 233 g/mol. The second kappa shape index (κ2) is 3.92. The van der Waals surface area contributed by atoms with Crippen LogP contribution in [0, 0.1) is 5.82 Å². The van der Waals surface area contributed by atoms with E-state index in [0.29, 0.717) is 5.39 Å². The molecule has 1 unspecified atom stereocenters. The van der Waals surface area contributed by atoms with E-state index in [4.69, 9.17) is 0 Å². The second-order valence-corrected chi connectivity index (χ2v) is 4.28. The van der Waals surface area contributed by atoms with Gasteiger partial charge in [-0.3, -0.25) is 0 Å². The first-order valence-electron chi connectivity index (χ1n) is 5.65. The third-order valence-electron chi connectivity index (χ3n) is 3.20. The number of rotatable bonds is 1. The van der Waals surface area contributed by atoms with Crippen LogP contribution in [0.25, 0.3) is 10.9 Å². The van der Waals surface area contributed by atoms with Crippen LogP contribution in [0.1, 0.15) is 18.0 Å². The number of hydrogen-bond donors (Lipinski definition) is 2. The number of halogens is 1. The minimum atomic E-state index is -0.482. The Balaban J connectivity index is 2.29. The number of hydrogen-bond acceptors (Lipinski definition) is 3. The molecule has 1 aromatic heterocycles. The largest absolute Gasteiger partial charge is 0.345 e. The standard InChI is InChI=1S/C12H12FN3O/c13-9-3-1-2-8-10(7-4-5-14-6-7)15-12(17)16-11(8)9/h1-3,7,14H,4-6H2,(H,15,16,17). The molecule has 1 atom stereocenters. The lowest BCUT2D eigenvalue weighted by atomic mass is 10.00. The molecule has 2 heterocycles. The van der Waals surface area contributed by atoms with Gasteiger partial charge in [-0.1, -0.05) is 12.1 Å². The van der Waals surface area contributed by atoms with Crippen molar-refractivity contribution < 1.29 is 4.39 Å². The highest BCUT2D eigenvalue weighted by atomic mass is 19.1. The van der Waals surface area contributed by atoms with E-state index in [-0.39, 0.29) is 11.4 Å². The minimum Gasteiger partial charge on any atom is -0.316 e. The van der Waals surface area contributed by atoms with Crippen LogP contribution in [-0.4, -0.2) is 23.1 Å². The Hall–Kier alpha value is -1.75. The first kappa shape index (κ1) is 10.4. The predicted molar refractivity (Wildman–Crippen MR) is 62.5 cm³/mol. The van der Waals surface area contributed by atoms with Crippen molar-refractivity contribution in [2.75, 3.05) is 13.1 Å². The van der Waals surface area contributed by atoms with Crippen molar-refractivity contribution in [2.45, 2.75) is 12.3 Å². The maximum Gasteiger partial charge on any atom is 0.345 e. The van der Waals surface area contributed by atoms with Crippen LogP contribution < -0.4 is 11.0 Å². The highest BCUT2D eigenvalue weighted by molar-refractivity contribution is 5.81. The van der Waals surface area contributed by atoms with Gasteiger partial charge in [0.1, 0.15) is 11.3 Å². The third-order valence-corrected chi connectivity index (χ3v) is 3.20. The Morgan fingerprint density at radius 3 is 3.06 bits per heavy atom. The molecular formula is C12H12FN3O. The van der Waals surface area contributed by atoms with E-state index in [1.807, 2.05) is 0 Å². The fourth-order valence-corrected chi connectivity index (χ4v) is 2.38.